The number of nitrogens with zero attached hydrogens (tertiary/aromatic N) is 2. The van der Waals surface area contributed by atoms with Gasteiger partial charge >= 0.3 is 0 Å². The zero-order valence-corrected chi connectivity index (χ0v) is 22.1. The third-order valence-electron chi connectivity index (χ3n) is 7.55. The van der Waals surface area contributed by atoms with Crippen molar-refractivity contribution in [3.63, 3.8) is 0 Å². The number of carbonyl (C=O) groups excluding carboxylic acids is 1. The Bertz CT molecular complexity index is 1160. The van der Waals surface area contributed by atoms with Crippen LogP contribution in [0.15, 0.2) is 78.9 Å². The minimum atomic E-state index is 0.0765. The third-order valence-corrected chi connectivity index (χ3v) is 7.55. The van der Waals surface area contributed by atoms with Crippen LogP contribution in [0.25, 0.3) is 0 Å². The van der Waals surface area contributed by atoms with Gasteiger partial charge in [0.25, 0.3) is 5.91 Å². The van der Waals surface area contributed by atoms with E-state index in [1.54, 1.807) is 0 Å². The van der Waals surface area contributed by atoms with E-state index < -0.39 is 0 Å². The van der Waals surface area contributed by atoms with Crippen molar-refractivity contribution in [2.75, 3.05) is 25.0 Å². The molecule has 5 heteroatoms. The normalized spacial score (nSPS) is 20.1. The Kier molecular flexibility index (Phi) is 8.10. The molecule has 1 N–H and O–H groups in total. The number of ether oxygens (including phenoxy) is 1. The highest BCUT2D eigenvalue weighted by atomic mass is 16.5. The predicted molar refractivity (Wildman–Crippen MR) is 150 cm³/mol. The topological polar surface area (TPSA) is 44.8 Å². The van der Waals surface area contributed by atoms with Crippen molar-refractivity contribution < 1.29 is 9.53 Å². The zero-order chi connectivity index (χ0) is 25.6. The lowest BCUT2D eigenvalue weighted by Crippen LogP contribution is -2.44. The van der Waals surface area contributed by atoms with Crippen LogP contribution in [0.1, 0.15) is 54.6 Å². The summed E-state index contributed by atoms with van der Waals surface area (Å²) in [6.45, 7) is 8.11. The van der Waals surface area contributed by atoms with Crippen molar-refractivity contribution in [3.8, 4) is 5.75 Å². The highest BCUT2D eigenvalue weighted by molar-refractivity contribution is 5.94. The van der Waals surface area contributed by atoms with E-state index in [4.69, 9.17) is 4.74 Å². The second-order valence-corrected chi connectivity index (χ2v) is 10.8. The number of carbonyl (C=O) groups is 1. The van der Waals surface area contributed by atoms with Gasteiger partial charge in [0.15, 0.2) is 0 Å². The third kappa shape index (κ3) is 6.34. The highest BCUT2D eigenvalue weighted by Crippen LogP contribution is 2.31. The van der Waals surface area contributed by atoms with Crippen LogP contribution in [-0.2, 0) is 13.1 Å². The molecule has 5 rings (SSSR count). The molecule has 1 fully saturated rings. The molecular weight excluding hydrogens is 458 g/mol. The summed E-state index contributed by atoms with van der Waals surface area (Å²) < 4.78 is 5.85. The maximum absolute atomic E-state index is 13.9. The minimum Gasteiger partial charge on any atom is -0.493 e. The summed E-state index contributed by atoms with van der Waals surface area (Å²) in [7, 11) is 0. The molecule has 1 saturated heterocycles. The zero-order valence-electron chi connectivity index (χ0n) is 22.1. The first kappa shape index (κ1) is 25.3. The summed E-state index contributed by atoms with van der Waals surface area (Å²) in [5.74, 6) is 1.35. The summed E-state index contributed by atoms with van der Waals surface area (Å²) in [5.41, 5.74) is 4.34. The van der Waals surface area contributed by atoms with Gasteiger partial charge in [-0.1, -0.05) is 62.4 Å². The molecule has 2 atom stereocenters. The van der Waals surface area contributed by atoms with Crippen molar-refractivity contribution in [2.24, 2.45) is 5.92 Å². The molecule has 5 nitrogen and oxygen atoms in total. The Hall–Kier alpha value is -3.31. The summed E-state index contributed by atoms with van der Waals surface area (Å²) in [5, 5.41) is 3.68. The molecule has 3 aromatic rings. The van der Waals surface area contributed by atoms with E-state index in [0.717, 1.165) is 43.9 Å². The van der Waals surface area contributed by atoms with Gasteiger partial charge in [0.1, 0.15) is 5.75 Å². The van der Waals surface area contributed by atoms with E-state index in [1.165, 1.54) is 17.5 Å². The molecule has 2 bridgehead atoms. The average molecular weight is 498 g/mol. The molecule has 3 aromatic carbocycles. The molecule has 0 aliphatic carbocycles. The number of rotatable bonds is 6. The van der Waals surface area contributed by atoms with Crippen molar-refractivity contribution in [2.45, 2.75) is 58.3 Å². The first-order valence-electron chi connectivity index (χ1n) is 13.7. The summed E-state index contributed by atoms with van der Waals surface area (Å²) in [4.78, 5) is 18.6. The van der Waals surface area contributed by atoms with Gasteiger partial charge in [0, 0.05) is 49.5 Å². The van der Waals surface area contributed by atoms with Gasteiger partial charge in [-0.3, -0.25) is 9.69 Å². The number of hydrogen-bond acceptors (Lipinski definition) is 4. The highest BCUT2D eigenvalue weighted by Gasteiger charge is 2.35. The van der Waals surface area contributed by atoms with E-state index in [2.05, 4.69) is 83.6 Å². The maximum atomic E-state index is 13.9. The van der Waals surface area contributed by atoms with Gasteiger partial charge in [0.2, 0.25) is 0 Å². The molecule has 0 saturated carbocycles. The van der Waals surface area contributed by atoms with Crippen LogP contribution < -0.4 is 10.1 Å². The summed E-state index contributed by atoms with van der Waals surface area (Å²) in [6, 6.07) is 27.7. The smallest absolute Gasteiger partial charge is 0.254 e. The van der Waals surface area contributed by atoms with Gasteiger partial charge in [-0.15, -0.1) is 0 Å². The lowest BCUT2D eigenvalue weighted by Gasteiger charge is -2.34. The van der Waals surface area contributed by atoms with E-state index in [1.807, 2.05) is 24.3 Å². The summed E-state index contributed by atoms with van der Waals surface area (Å²) in [6.07, 6.45) is 3.39. The molecule has 2 heterocycles. The molecular formula is C32H39N3O2. The average Bonchev–Trinajstić information content (AvgIpc) is 3.27. The standard InChI is InChI=1S/C32H39N3O2/c1-24(2)23-37-30-16-12-26(13-17-30)32(36)34-21-27-10-6-7-11-31(27)33-19-18-28-14-15-29(22-34)35(28)20-25-8-4-3-5-9-25/h3-13,16-17,24,28-29,33H,14-15,18-23H2,1-2H3/t28-,29+/m0/s1. The first-order valence-corrected chi connectivity index (χ1v) is 13.7. The van der Waals surface area contributed by atoms with Crippen LogP contribution >= 0.6 is 0 Å². The van der Waals surface area contributed by atoms with Crippen LogP contribution in [-0.4, -0.2) is 47.5 Å². The van der Waals surface area contributed by atoms with Gasteiger partial charge in [-0.25, -0.2) is 0 Å². The van der Waals surface area contributed by atoms with Crippen LogP contribution in [0, 0.1) is 5.92 Å². The molecule has 2 aliphatic rings. The first-order chi connectivity index (χ1) is 18.1. The Morgan fingerprint density at radius 2 is 1.65 bits per heavy atom. The molecule has 0 unspecified atom stereocenters. The van der Waals surface area contributed by atoms with Gasteiger partial charge in [-0.05, 0) is 66.6 Å². The van der Waals surface area contributed by atoms with Crippen LogP contribution in [0.4, 0.5) is 5.69 Å². The van der Waals surface area contributed by atoms with Crippen LogP contribution in [0.2, 0.25) is 0 Å². The number of fused-ring (bicyclic) bond motifs is 3. The summed E-state index contributed by atoms with van der Waals surface area (Å²) >= 11 is 0. The van der Waals surface area contributed by atoms with Crippen molar-refractivity contribution >= 4 is 11.6 Å². The number of amides is 1. The SMILES string of the molecule is CC(C)COc1ccc(C(=O)N2Cc3ccccc3NCC[C@@H]3CC[C@H](C2)N3Cc2ccccc2)cc1. The molecule has 0 spiro atoms. The molecule has 1 amide bonds. The van der Waals surface area contributed by atoms with E-state index in [0.29, 0.717) is 36.7 Å². The number of anilines is 1. The second-order valence-electron chi connectivity index (χ2n) is 10.8. The Labute approximate surface area is 221 Å². The quantitative estimate of drug-likeness (QED) is 0.440. The fourth-order valence-corrected chi connectivity index (χ4v) is 5.60. The number of hydrogen-bond donors (Lipinski definition) is 1. The molecule has 194 valence electrons. The Balaban J connectivity index is 1.41. The van der Waals surface area contributed by atoms with Gasteiger partial charge in [-0.2, -0.15) is 0 Å². The predicted octanol–water partition coefficient (Wildman–Crippen LogP) is 6.21. The second kappa shape index (κ2) is 11.8. The number of nitrogens with one attached hydrogen (secondary N) is 1. The van der Waals surface area contributed by atoms with Gasteiger partial charge in [0.05, 0.1) is 6.61 Å². The van der Waals surface area contributed by atoms with E-state index >= 15 is 0 Å². The van der Waals surface area contributed by atoms with Crippen LogP contribution in [0.3, 0.4) is 0 Å². The Morgan fingerprint density at radius 1 is 0.919 bits per heavy atom. The largest absolute Gasteiger partial charge is 0.493 e. The molecule has 37 heavy (non-hydrogen) atoms. The fraction of sp³-hybridized carbons (Fsp3) is 0.406. The van der Waals surface area contributed by atoms with E-state index in [-0.39, 0.29) is 5.91 Å². The fourth-order valence-electron chi connectivity index (χ4n) is 5.60. The molecule has 0 aromatic heterocycles. The maximum Gasteiger partial charge on any atom is 0.254 e. The van der Waals surface area contributed by atoms with Gasteiger partial charge < -0.3 is 15.0 Å². The monoisotopic (exact) mass is 497 g/mol. The molecule has 2 aliphatic heterocycles. The lowest BCUT2D eigenvalue weighted by atomic mass is 10.1. The Morgan fingerprint density at radius 3 is 2.43 bits per heavy atom. The minimum absolute atomic E-state index is 0.0765. The van der Waals surface area contributed by atoms with Crippen molar-refractivity contribution in [3.05, 3.63) is 95.6 Å². The van der Waals surface area contributed by atoms with Crippen molar-refractivity contribution in [1.82, 2.24) is 9.80 Å². The lowest BCUT2D eigenvalue weighted by molar-refractivity contribution is 0.0663. The number of benzene rings is 3. The molecule has 0 radical (unpaired) electrons. The van der Waals surface area contributed by atoms with E-state index in [9.17, 15) is 4.79 Å². The number of para-hydroxylation sites is 1. The van der Waals surface area contributed by atoms with Crippen LogP contribution in [0.5, 0.6) is 5.75 Å². The van der Waals surface area contributed by atoms with Crippen molar-refractivity contribution in [1.29, 1.82) is 0 Å².